The summed E-state index contributed by atoms with van der Waals surface area (Å²) in [6.07, 6.45) is 2.21. The lowest BCUT2D eigenvalue weighted by Gasteiger charge is -2.38. The molecule has 0 radical (unpaired) electrons. The minimum atomic E-state index is -0.858. The minimum Gasteiger partial charge on any atom is -0.478 e. The quantitative estimate of drug-likeness (QED) is 0.875. The second-order valence-electron chi connectivity index (χ2n) is 6.71. The van der Waals surface area contributed by atoms with Crippen molar-refractivity contribution in [3.63, 3.8) is 0 Å². The van der Waals surface area contributed by atoms with Crippen LogP contribution in [0.1, 0.15) is 27.9 Å². The number of carboxylic acid groups (broad SMARTS) is 1. The average Bonchev–Trinajstić information content (AvgIpc) is 2.63. The molecule has 0 unspecified atom stereocenters. The van der Waals surface area contributed by atoms with Gasteiger partial charge in [0, 0.05) is 32.7 Å². The Morgan fingerprint density at radius 3 is 2.60 bits per heavy atom. The molecule has 4 nitrogen and oxygen atoms in total. The molecule has 0 spiro atoms. The molecule has 132 valence electrons. The minimum absolute atomic E-state index is 0.256. The largest absolute Gasteiger partial charge is 0.478 e. The number of ether oxygens (including phenoxy) is 1. The number of nitrogens with zero attached hydrogens (tertiary/aromatic N) is 1. The zero-order valence-electron chi connectivity index (χ0n) is 14.6. The van der Waals surface area contributed by atoms with E-state index in [0.29, 0.717) is 18.0 Å². The van der Waals surface area contributed by atoms with Crippen LogP contribution in [0.4, 0.5) is 0 Å². The Labute approximate surface area is 149 Å². The van der Waals surface area contributed by atoms with E-state index in [4.69, 9.17) is 4.74 Å². The Hall–Kier alpha value is -2.17. The van der Waals surface area contributed by atoms with Gasteiger partial charge in [-0.05, 0) is 30.0 Å². The van der Waals surface area contributed by atoms with Crippen molar-refractivity contribution in [1.29, 1.82) is 0 Å². The lowest BCUT2D eigenvalue weighted by atomic mass is 9.88. The van der Waals surface area contributed by atoms with Crippen LogP contribution in [0.25, 0.3) is 0 Å². The number of piperidine rings is 1. The van der Waals surface area contributed by atoms with E-state index < -0.39 is 5.97 Å². The van der Waals surface area contributed by atoms with Crippen LogP contribution < -0.4 is 0 Å². The highest BCUT2D eigenvalue weighted by atomic mass is 16.5. The molecule has 1 heterocycles. The van der Waals surface area contributed by atoms with E-state index in [0.717, 1.165) is 31.5 Å². The maximum Gasteiger partial charge on any atom is 0.336 e. The third-order valence-corrected chi connectivity index (χ3v) is 5.03. The van der Waals surface area contributed by atoms with E-state index in [1.54, 1.807) is 19.2 Å². The molecule has 4 heteroatoms. The number of aromatic carboxylic acids is 1. The third-order valence-electron chi connectivity index (χ3n) is 5.03. The predicted molar refractivity (Wildman–Crippen MR) is 97.7 cm³/mol. The summed E-state index contributed by atoms with van der Waals surface area (Å²) >= 11 is 0. The fraction of sp³-hybridized carbons (Fsp3) is 0.381. The molecule has 0 amide bonds. The van der Waals surface area contributed by atoms with E-state index in [1.165, 1.54) is 5.56 Å². The fourth-order valence-corrected chi connectivity index (χ4v) is 3.76. The van der Waals surface area contributed by atoms with Gasteiger partial charge in [0.2, 0.25) is 0 Å². The first-order chi connectivity index (χ1) is 12.2. The molecule has 3 rings (SSSR count). The predicted octanol–water partition coefficient (Wildman–Crippen LogP) is 3.46. The summed E-state index contributed by atoms with van der Waals surface area (Å²) in [5.41, 5.74) is 2.60. The van der Waals surface area contributed by atoms with E-state index in [9.17, 15) is 9.90 Å². The molecule has 1 aliphatic heterocycles. The second kappa shape index (κ2) is 8.28. The zero-order chi connectivity index (χ0) is 17.6. The maximum absolute atomic E-state index is 11.4. The van der Waals surface area contributed by atoms with Gasteiger partial charge in [0.25, 0.3) is 0 Å². The van der Waals surface area contributed by atoms with E-state index in [-0.39, 0.29) is 6.10 Å². The van der Waals surface area contributed by atoms with Crippen molar-refractivity contribution in [3.8, 4) is 0 Å². The Bertz CT molecular complexity index is 701. The number of carbonyl (C=O) groups is 1. The van der Waals surface area contributed by atoms with Crippen LogP contribution in [-0.2, 0) is 17.7 Å². The molecule has 2 aromatic carbocycles. The summed E-state index contributed by atoms with van der Waals surface area (Å²) in [7, 11) is 1.79. The zero-order valence-corrected chi connectivity index (χ0v) is 14.6. The van der Waals surface area contributed by atoms with Crippen LogP contribution in [-0.4, -0.2) is 42.3 Å². The first kappa shape index (κ1) is 17.6. The number of carboxylic acids is 1. The summed E-state index contributed by atoms with van der Waals surface area (Å²) in [5.74, 6) is -0.443. The van der Waals surface area contributed by atoms with Crippen molar-refractivity contribution in [3.05, 3.63) is 71.3 Å². The molecule has 2 aromatic rings. The van der Waals surface area contributed by atoms with Gasteiger partial charge >= 0.3 is 5.97 Å². The van der Waals surface area contributed by atoms with Gasteiger partial charge in [-0.1, -0.05) is 48.5 Å². The van der Waals surface area contributed by atoms with Gasteiger partial charge in [0.1, 0.15) is 0 Å². The number of hydrogen-bond acceptors (Lipinski definition) is 3. The Kier molecular flexibility index (Phi) is 5.84. The molecule has 0 aliphatic carbocycles. The van der Waals surface area contributed by atoms with E-state index in [1.807, 2.05) is 18.2 Å². The van der Waals surface area contributed by atoms with E-state index >= 15 is 0 Å². The van der Waals surface area contributed by atoms with Gasteiger partial charge in [0.15, 0.2) is 0 Å². The highest BCUT2D eigenvalue weighted by Crippen LogP contribution is 2.25. The number of hydrogen-bond donors (Lipinski definition) is 1. The molecule has 25 heavy (non-hydrogen) atoms. The Morgan fingerprint density at radius 1 is 1.16 bits per heavy atom. The fourth-order valence-electron chi connectivity index (χ4n) is 3.76. The molecular formula is C21H25NO3. The summed E-state index contributed by atoms with van der Waals surface area (Å²) in [5, 5.41) is 9.38. The number of benzene rings is 2. The normalized spacial score (nSPS) is 21.2. The molecule has 0 saturated carbocycles. The number of likely N-dealkylation sites (tertiary alicyclic amines) is 1. The van der Waals surface area contributed by atoms with Crippen molar-refractivity contribution in [2.75, 3.05) is 20.2 Å². The van der Waals surface area contributed by atoms with Gasteiger partial charge < -0.3 is 9.84 Å². The highest BCUT2D eigenvalue weighted by Gasteiger charge is 2.29. The second-order valence-corrected chi connectivity index (χ2v) is 6.71. The highest BCUT2D eigenvalue weighted by molar-refractivity contribution is 5.89. The standard InChI is InChI=1S/C21H25NO3/c1-25-20-11-12-22(14-17-9-5-6-10-19(17)21(23)24)15-18(20)13-16-7-3-2-4-8-16/h2-10,18,20H,11-15H2,1H3,(H,23,24)/t18-,20+/m1/s1. The molecule has 0 aromatic heterocycles. The monoisotopic (exact) mass is 339 g/mol. The Balaban J connectivity index is 1.71. The molecular weight excluding hydrogens is 314 g/mol. The molecule has 1 aliphatic rings. The number of methoxy groups -OCH3 is 1. The average molecular weight is 339 g/mol. The van der Waals surface area contributed by atoms with Gasteiger partial charge in [-0.15, -0.1) is 0 Å². The lowest BCUT2D eigenvalue weighted by Crippen LogP contribution is -2.44. The molecule has 1 N–H and O–H groups in total. The molecule has 0 bridgehead atoms. The van der Waals surface area contributed by atoms with Crippen LogP contribution in [0.15, 0.2) is 54.6 Å². The topological polar surface area (TPSA) is 49.8 Å². The third kappa shape index (κ3) is 4.47. The van der Waals surface area contributed by atoms with Crippen molar-refractivity contribution in [1.82, 2.24) is 4.90 Å². The van der Waals surface area contributed by atoms with Crippen LogP contribution in [0.2, 0.25) is 0 Å². The molecule has 1 fully saturated rings. The molecule has 1 saturated heterocycles. The Morgan fingerprint density at radius 2 is 1.88 bits per heavy atom. The summed E-state index contributed by atoms with van der Waals surface area (Å²) < 4.78 is 5.72. The number of rotatable bonds is 6. The summed E-state index contributed by atoms with van der Waals surface area (Å²) in [6.45, 7) is 2.52. The summed E-state index contributed by atoms with van der Waals surface area (Å²) in [4.78, 5) is 13.8. The van der Waals surface area contributed by atoms with Crippen molar-refractivity contribution < 1.29 is 14.6 Å². The SMILES string of the molecule is CO[C@H]1CCN(Cc2ccccc2C(=O)O)C[C@H]1Cc1ccccc1. The van der Waals surface area contributed by atoms with Gasteiger partial charge in [-0.25, -0.2) is 4.79 Å². The lowest BCUT2D eigenvalue weighted by molar-refractivity contribution is -0.00857. The van der Waals surface area contributed by atoms with Crippen molar-refractivity contribution in [2.24, 2.45) is 5.92 Å². The first-order valence-corrected chi connectivity index (χ1v) is 8.77. The van der Waals surface area contributed by atoms with Crippen LogP contribution in [0.5, 0.6) is 0 Å². The van der Waals surface area contributed by atoms with Crippen LogP contribution in [0.3, 0.4) is 0 Å². The van der Waals surface area contributed by atoms with Crippen molar-refractivity contribution in [2.45, 2.75) is 25.5 Å². The summed E-state index contributed by atoms with van der Waals surface area (Å²) in [6, 6.07) is 17.8. The smallest absolute Gasteiger partial charge is 0.336 e. The van der Waals surface area contributed by atoms with Gasteiger partial charge in [0.05, 0.1) is 11.7 Å². The maximum atomic E-state index is 11.4. The molecule has 2 atom stereocenters. The van der Waals surface area contributed by atoms with Gasteiger partial charge in [-0.2, -0.15) is 0 Å². The van der Waals surface area contributed by atoms with E-state index in [2.05, 4.69) is 29.2 Å². The van der Waals surface area contributed by atoms with Crippen LogP contribution in [0, 0.1) is 5.92 Å². The first-order valence-electron chi connectivity index (χ1n) is 8.77. The van der Waals surface area contributed by atoms with Crippen LogP contribution >= 0.6 is 0 Å². The van der Waals surface area contributed by atoms with Gasteiger partial charge in [-0.3, -0.25) is 4.90 Å². The van der Waals surface area contributed by atoms with Crippen molar-refractivity contribution >= 4 is 5.97 Å².